The van der Waals surface area contributed by atoms with Crippen LogP contribution in [-0.4, -0.2) is 24.2 Å². The first-order valence-corrected chi connectivity index (χ1v) is 7.59. The highest BCUT2D eigenvalue weighted by atomic mass is 16.7. The molecule has 2 N–H and O–H groups in total. The molecule has 0 aliphatic rings. The van der Waals surface area contributed by atoms with E-state index in [2.05, 4.69) is 0 Å². The van der Waals surface area contributed by atoms with Crippen molar-refractivity contribution < 1.29 is 14.4 Å². The molecule has 2 aromatic carbocycles. The highest BCUT2D eigenvalue weighted by molar-refractivity contribution is 5.70. The van der Waals surface area contributed by atoms with Crippen molar-refractivity contribution in [3.63, 3.8) is 0 Å². The molecular weight excluding hydrogens is 292 g/mol. The number of rotatable bonds is 8. The number of carbonyl (C=O) groups is 1. The number of carbonyl (C=O) groups excluding carboxylic acids is 1. The summed E-state index contributed by atoms with van der Waals surface area (Å²) >= 11 is 0. The second-order valence-electron chi connectivity index (χ2n) is 5.10. The third-order valence-electron chi connectivity index (χ3n) is 3.21. The quantitative estimate of drug-likeness (QED) is 0.461. The summed E-state index contributed by atoms with van der Waals surface area (Å²) in [6.07, 6.45) is 0. The summed E-state index contributed by atoms with van der Waals surface area (Å²) in [6.45, 7) is 3.14. The molecule has 0 aliphatic carbocycles. The molecule has 23 heavy (non-hydrogen) atoms. The number of hydrogen-bond donors (Lipinski definition) is 1. The molecule has 122 valence electrons. The van der Waals surface area contributed by atoms with Gasteiger partial charge in [-0.2, -0.15) is 5.06 Å². The van der Waals surface area contributed by atoms with Gasteiger partial charge >= 0.3 is 5.97 Å². The lowest BCUT2D eigenvalue weighted by molar-refractivity contribution is -0.193. The first-order valence-electron chi connectivity index (χ1n) is 7.59. The third kappa shape index (κ3) is 6.10. The predicted octanol–water partition coefficient (Wildman–Crippen LogP) is 2.77. The molecule has 5 nitrogen and oxygen atoms in total. The van der Waals surface area contributed by atoms with Gasteiger partial charge in [0, 0.05) is 18.8 Å². The van der Waals surface area contributed by atoms with Crippen molar-refractivity contribution in [2.45, 2.75) is 20.0 Å². The molecule has 0 saturated heterocycles. The van der Waals surface area contributed by atoms with Gasteiger partial charge < -0.3 is 10.5 Å². The normalized spacial score (nSPS) is 10.7. The molecule has 0 radical (unpaired) electrons. The average molecular weight is 314 g/mol. The standard InChI is InChI=1S/C18H22N2O3/c1-2-22-18(21)14-23-20(12-15-6-4-3-5-7-15)13-16-8-10-17(19)11-9-16/h3-11H,2,12-14,19H2,1H3. The Morgan fingerprint density at radius 2 is 1.61 bits per heavy atom. The van der Waals surface area contributed by atoms with Gasteiger partial charge in [-0.15, -0.1) is 0 Å². The zero-order chi connectivity index (χ0) is 16.5. The van der Waals surface area contributed by atoms with Gasteiger partial charge in [0.15, 0.2) is 6.61 Å². The molecule has 0 bridgehead atoms. The lowest BCUT2D eigenvalue weighted by Gasteiger charge is -2.21. The average Bonchev–Trinajstić information content (AvgIpc) is 2.56. The lowest BCUT2D eigenvalue weighted by atomic mass is 10.2. The Hall–Kier alpha value is -2.37. The summed E-state index contributed by atoms with van der Waals surface area (Å²) in [5.74, 6) is -0.372. The summed E-state index contributed by atoms with van der Waals surface area (Å²) in [6, 6.07) is 17.5. The van der Waals surface area contributed by atoms with Crippen molar-refractivity contribution in [2.24, 2.45) is 0 Å². The Balaban J connectivity index is 2.00. The van der Waals surface area contributed by atoms with Gasteiger partial charge in [-0.05, 0) is 30.2 Å². The van der Waals surface area contributed by atoms with E-state index in [4.69, 9.17) is 15.3 Å². The molecule has 5 heteroatoms. The van der Waals surface area contributed by atoms with E-state index in [9.17, 15) is 4.79 Å². The van der Waals surface area contributed by atoms with Crippen LogP contribution < -0.4 is 5.73 Å². The molecule has 0 heterocycles. The molecule has 0 saturated carbocycles. The lowest BCUT2D eigenvalue weighted by Crippen LogP contribution is -2.27. The van der Waals surface area contributed by atoms with E-state index < -0.39 is 0 Å². The van der Waals surface area contributed by atoms with Crippen molar-refractivity contribution in [1.82, 2.24) is 5.06 Å². The zero-order valence-corrected chi connectivity index (χ0v) is 13.3. The summed E-state index contributed by atoms with van der Waals surface area (Å²) in [4.78, 5) is 17.1. The first-order chi connectivity index (χ1) is 11.2. The van der Waals surface area contributed by atoms with Gasteiger partial charge in [-0.1, -0.05) is 42.5 Å². The largest absolute Gasteiger partial charge is 0.464 e. The summed E-state index contributed by atoms with van der Waals surface area (Å²) < 4.78 is 4.90. The monoisotopic (exact) mass is 314 g/mol. The van der Waals surface area contributed by atoms with E-state index in [0.29, 0.717) is 19.7 Å². The van der Waals surface area contributed by atoms with E-state index in [1.54, 1.807) is 12.0 Å². The van der Waals surface area contributed by atoms with E-state index >= 15 is 0 Å². The van der Waals surface area contributed by atoms with Gasteiger partial charge in [0.05, 0.1) is 6.61 Å². The number of hydrogen-bond acceptors (Lipinski definition) is 5. The second kappa shape index (κ2) is 8.92. The van der Waals surface area contributed by atoms with Crippen LogP contribution in [0.4, 0.5) is 5.69 Å². The van der Waals surface area contributed by atoms with E-state index in [1.807, 2.05) is 54.6 Å². The van der Waals surface area contributed by atoms with Crippen LogP contribution >= 0.6 is 0 Å². The number of hydroxylamine groups is 2. The predicted molar refractivity (Wildman–Crippen MR) is 89.1 cm³/mol. The van der Waals surface area contributed by atoms with Crippen LogP contribution in [0, 0.1) is 0 Å². The highest BCUT2D eigenvalue weighted by Crippen LogP contribution is 2.12. The van der Waals surface area contributed by atoms with Gasteiger partial charge in [0.2, 0.25) is 0 Å². The third-order valence-corrected chi connectivity index (χ3v) is 3.21. The summed E-state index contributed by atoms with van der Waals surface area (Å²) in [5, 5.41) is 1.75. The second-order valence-corrected chi connectivity index (χ2v) is 5.10. The molecule has 2 rings (SSSR count). The number of ether oxygens (including phenoxy) is 1. The molecule has 2 aromatic rings. The molecule has 0 fully saturated rings. The molecule has 0 aromatic heterocycles. The Morgan fingerprint density at radius 1 is 1.00 bits per heavy atom. The number of esters is 1. The smallest absolute Gasteiger partial charge is 0.334 e. The fourth-order valence-corrected chi connectivity index (χ4v) is 2.11. The Labute approximate surface area is 136 Å². The van der Waals surface area contributed by atoms with Crippen LogP contribution in [0.5, 0.6) is 0 Å². The SMILES string of the molecule is CCOC(=O)CON(Cc1ccccc1)Cc1ccc(N)cc1. The summed E-state index contributed by atoms with van der Waals surface area (Å²) in [7, 11) is 0. The topological polar surface area (TPSA) is 64.8 Å². The van der Waals surface area contributed by atoms with E-state index in [-0.39, 0.29) is 12.6 Å². The maximum Gasteiger partial charge on any atom is 0.334 e. The van der Waals surface area contributed by atoms with Gasteiger partial charge in [0.1, 0.15) is 0 Å². The number of nitrogens with two attached hydrogens (primary N) is 1. The zero-order valence-electron chi connectivity index (χ0n) is 13.3. The number of anilines is 1. The molecule has 0 spiro atoms. The Kier molecular flexibility index (Phi) is 6.59. The number of nitrogen functional groups attached to an aromatic ring is 1. The van der Waals surface area contributed by atoms with Crippen LogP contribution in [0.3, 0.4) is 0 Å². The van der Waals surface area contributed by atoms with Crippen molar-refractivity contribution in [3.05, 3.63) is 65.7 Å². The van der Waals surface area contributed by atoms with Gasteiger partial charge in [-0.3, -0.25) is 4.84 Å². The Bertz CT molecular complexity index is 599. The molecule has 0 atom stereocenters. The van der Waals surface area contributed by atoms with Crippen LogP contribution in [0.2, 0.25) is 0 Å². The number of benzene rings is 2. The van der Waals surface area contributed by atoms with Gasteiger partial charge in [0.25, 0.3) is 0 Å². The minimum absolute atomic E-state index is 0.102. The van der Waals surface area contributed by atoms with Crippen molar-refractivity contribution in [3.8, 4) is 0 Å². The fraction of sp³-hybridized carbons (Fsp3) is 0.278. The van der Waals surface area contributed by atoms with E-state index in [0.717, 1.165) is 16.8 Å². The van der Waals surface area contributed by atoms with E-state index in [1.165, 1.54) is 0 Å². The first kappa shape index (κ1) is 17.0. The minimum atomic E-state index is -0.372. The maximum atomic E-state index is 11.5. The van der Waals surface area contributed by atoms with Crippen molar-refractivity contribution >= 4 is 11.7 Å². The van der Waals surface area contributed by atoms with Crippen LogP contribution in [0.1, 0.15) is 18.1 Å². The minimum Gasteiger partial charge on any atom is -0.464 e. The Morgan fingerprint density at radius 3 is 2.22 bits per heavy atom. The maximum absolute atomic E-state index is 11.5. The van der Waals surface area contributed by atoms with Crippen LogP contribution in [-0.2, 0) is 27.5 Å². The van der Waals surface area contributed by atoms with Gasteiger partial charge in [-0.25, -0.2) is 4.79 Å². The van der Waals surface area contributed by atoms with Crippen molar-refractivity contribution in [2.75, 3.05) is 18.9 Å². The van der Waals surface area contributed by atoms with Crippen LogP contribution in [0.15, 0.2) is 54.6 Å². The fourth-order valence-electron chi connectivity index (χ4n) is 2.11. The molecular formula is C18H22N2O3. The van der Waals surface area contributed by atoms with Crippen LogP contribution in [0.25, 0.3) is 0 Å². The molecule has 0 amide bonds. The molecule has 0 unspecified atom stereocenters. The highest BCUT2D eigenvalue weighted by Gasteiger charge is 2.11. The van der Waals surface area contributed by atoms with Crippen molar-refractivity contribution in [1.29, 1.82) is 0 Å². The molecule has 0 aliphatic heterocycles. The number of nitrogens with zero attached hydrogens (tertiary/aromatic N) is 1. The summed E-state index contributed by atoms with van der Waals surface area (Å²) in [5.41, 5.74) is 8.58.